The minimum absolute atomic E-state index is 0.101. The van der Waals surface area contributed by atoms with Crippen LogP contribution in [0.2, 0.25) is 0 Å². The lowest BCUT2D eigenvalue weighted by atomic mass is 10.0. The van der Waals surface area contributed by atoms with E-state index < -0.39 is 6.09 Å². The van der Waals surface area contributed by atoms with Gasteiger partial charge in [-0.25, -0.2) is 9.78 Å². The van der Waals surface area contributed by atoms with Crippen LogP contribution in [0.4, 0.5) is 16.2 Å². The third-order valence-corrected chi connectivity index (χ3v) is 4.73. The Labute approximate surface area is 158 Å². The van der Waals surface area contributed by atoms with Crippen molar-refractivity contribution in [3.05, 3.63) is 30.2 Å². The first-order chi connectivity index (χ1) is 13.1. The van der Waals surface area contributed by atoms with Crippen LogP contribution in [-0.4, -0.2) is 42.9 Å². The number of H-pyrrole nitrogens is 1. The van der Waals surface area contributed by atoms with Crippen LogP contribution in [0, 0.1) is 0 Å². The molecule has 0 saturated carbocycles. The van der Waals surface area contributed by atoms with Crippen LogP contribution in [0.15, 0.2) is 24.4 Å². The summed E-state index contributed by atoms with van der Waals surface area (Å²) in [6.45, 7) is 0.592. The van der Waals surface area contributed by atoms with Gasteiger partial charge in [0.25, 0.3) is 0 Å². The molecule has 0 spiro atoms. The number of ether oxygens (including phenoxy) is 2. The van der Waals surface area contributed by atoms with E-state index in [0.29, 0.717) is 12.3 Å². The van der Waals surface area contributed by atoms with E-state index in [2.05, 4.69) is 25.3 Å². The molecule has 8 heteroatoms. The lowest BCUT2D eigenvalue weighted by Crippen LogP contribution is -2.25. The van der Waals surface area contributed by atoms with Crippen LogP contribution in [0.5, 0.6) is 0 Å². The fourth-order valence-electron chi connectivity index (χ4n) is 3.32. The average Bonchev–Trinajstić information content (AvgIpc) is 3.14. The molecule has 1 aromatic carbocycles. The Hall–Kier alpha value is -2.58. The van der Waals surface area contributed by atoms with E-state index in [-0.39, 0.29) is 12.1 Å². The third-order valence-electron chi connectivity index (χ3n) is 4.73. The minimum atomic E-state index is -0.508. The largest absolute Gasteiger partial charge is 0.453 e. The fraction of sp³-hybridized carbons (Fsp3) is 0.474. The van der Waals surface area contributed by atoms with Crippen LogP contribution in [0.1, 0.15) is 37.5 Å². The summed E-state index contributed by atoms with van der Waals surface area (Å²) in [7, 11) is 3.04. The molecule has 1 aliphatic rings. The number of imidazole rings is 1. The molecular formula is C19H27N5O3. The number of methoxy groups -OCH3 is 2. The first-order valence-corrected chi connectivity index (χ1v) is 9.16. The zero-order chi connectivity index (χ0) is 19.2. The second-order valence-corrected chi connectivity index (χ2v) is 6.75. The molecule has 2 aromatic rings. The summed E-state index contributed by atoms with van der Waals surface area (Å²) in [5.74, 6) is 0.793. The number of fused-ring (bicyclic) bond motifs is 4. The zero-order valence-corrected chi connectivity index (χ0v) is 15.7. The molecule has 1 unspecified atom stereocenters. The molecule has 0 aliphatic carbocycles. The van der Waals surface area contributed by atoms with Gasteiger partial charge in [0.15, 0.2) is 0 Å². The number of carbonyl (C=O) groups is 1. The van der Waals surface area contributed by atoms with E-state index in [9.17, 15) is 4.79 Å². The molecule has 0 saturated heterocycles. The maximum atomic E-state index is 11.6. The van der Waals surface area contributed by atoms with Crippen molar-refractivity contribution in [2.45, 2.75) is 37.8 Å². The molecule has 1 aliphatic heterocycles. The van der Waals surface area contributed by atoms with Crippen molar-refractivity contribution in [2.75, 3.05) is 31.5 Å². The molecule has 2 bridgehead atoms. The van der Waals surface area contributed by atoms with Crippen molar-refractivity contribution in [3.8, 4) is 11.3 Å². The summed E-state index contributed by atoms with van der Waals surface area (Å²) < 4.78 is 10.1. The van der Waals surface area contributed by atoms with E-state index in [1.165, 1.54) is 7.11 Å². The SMILES string of the molecule is COCC1CCCC[C@H](N)c2ncc([nH]2)-c2ccc(NC(=O)OC)cc2N1. The highest BCUT2D eigenvalue weighted by atomic mass is 16.5. The molecule has 5 N–H and O–H groups in total. The number of hydrogen-bond acceptors (Lipinski definition) is 6. The fourth-order valence-corrected chi connectivity index (χ4v) is 3.32. The maximum Gasteiger partial charge on any atom is 0.411 e. The van der Waals surface area contributed by atoms with Crippen molar-refractivity contribution in [1.29, 1.82) is 0 Å². The van der Waals surface area contributed by atoms with Crippen molar-refractivity contribution in [1.82, 2.24) is 9.97 Å². The summed E-state index contributed by atoms with van der Waals surface area (Å²) in [6, 6.07) is 5.71. The van der Waals surface area contributed by atoms with Gasteiger partial charge in [-0.1, -0.05) is 12.8 Å². The highest BCUT2D eigenvalue weighted by Gasteiger charge is 2.18. The van der Waals surface area contributed by atoms with Crippen LogP contribution < -0.4 is 16.4 Å². The molecule has 1 amide bonds. The number of anilines is 2. The van der Waals surface area contributed by atoms with E-state index in [4.69, 9.17) is 10.5 Å². The zero-order valence-electron chi connectivity index (χ0n) is 15.7. The number of nitrogens with zero attached hydrogens (tertiary/aromatic N) is 1. The highest BCUT2D eigenvalue weighted by molar-refractivity contribution is 5.88. The summed E-state index contributed by atoms with van der Waals surface area (Å²) in [5, 5.41) is 6.27. The summed E-state index contributed by atoms with van der Waals surface area (Å²) in [4.78, 5) is 19.4. The molecular weight excluding hydrogens is 346 g/mol. The molecule has 0 fully saturated rings. The van der Waals surface area contributed by atoms with Gasteiger partial charge in [-0.2, -0.15) is 0 Å². The molecule has 27 heavy (non-hydrogen) atoms. The maximum absolute atomic E-state index is 11.6. The van der Waals surface area contributed by atoms with Crippen LogP contribution in [0.25, 0.3) is 11.3 Å². The number of benzene rings is 1. The smallest absolute Gasteiger partial charge is 0.411 e. The first-order valence-electron chi connectivity index (χ1n) is 9.16. The number of amides is 1. The van der Waals surface area contributed by atoms with Gasteiger partial charge in [0, 0.05) is 30.1 Å². The van der Waals surface area contributed by atoms with Gasteiger partial charge < -0.3 is 25.5 Å². The predicted molar refractivity (Wildman–Crippen MR) is 105 cm³/mol. The topological polar surface area (TPSA) is 114 Å². The average molecular weight is 373 g/mol. The van der Waals surface area contributed by atoms with Crippen molar-refractivity contribution >= 4 is 17.5 Å². The van der Waals surface area contributed by atoms with Gasteiger partial charge in [-0.15, -0.1) is 0 Å². The first kappa shape index (κ1) is 19.2. The van der Waals surface area contributed by atoms with Gasteiger partial charge in [0.1, 0.15) is 5.82 Å². The Morgan fingerprint density at radius 3 is 2.93 bits per heavy atom. The number of carbonyl (C=O) groups excluding carboxylic acids is 1. The Morgan fingerprint density at radius 2 is 2.15 bits per heavy atom. The molecule has 146 valence electrons. The standard InChI is InChI=1S/C19H27N5O3/c1-26-11-13-5-3-4-6-15(20)18-21-10-17(24-18)14-8-7-12(9-16(14)22-13)23-19(25)27-2/h7-10,13,15,22H,3-6,11,20H2,1-2H3,(H,21,24)(H,23,25)/t13?,15-/m0/s1. The minimum Gasteiger partial charge on any atom is -0.453 e. The quantitative estimate of drug-likeness (QED) is 0.657. The van der Waals surface area contributed by atoms with Crippen molar-refractivity contribution in [3.63, 3.8) is 0 Å². The Balaban J connectivity index is 1.99. The monoisotopic (exact) mass is 373 g/mol. The van der Waals surface area contributed by atoms with E-state index in [1.54, 1.807) is 13.3 Å². The Bertz CT molecular complexity index is 776. The highest BCUT2D eigenvalue weighted by Crippen LogP contribution is 2.32. The summed E-state index contributed by atoms with van der Waals surface area (Å²) in [6.07, 6.45) is 5.21. The number of nitrogens with two attached hydrogens (primary N) is 1. The number of hydrogen-bond donors (Lipinski definition) is 4. The summed E-state index contributed by atoms with van der Waals surface area (Å²) >= 11 is 0. The van der Waals surface area contributed by atoms with Gasteiger partial charge in [0.05, 0.1) is 31.6 Å². The van der Waals surface area contributed by atoms with Crippen molar-refractivity contribution < 1.29 is 14.3 Å². The molecule has 2 atom stereocenters. The molecule has 8 nitrogen and oxygen atoms in total. The predicted octanol–water partition coefficient (Wildman–Crippen LogP) is 3.26. The van der Waals surface area contributed by atoms with Crippen LogP contribution >= 0.6 is 0 Å². The normalized spacial score (nSPS) is 19.8. The third kappa shape index (κ3) is 4.78. The van der Waals surface area contributed by atoms with Gasteiger partial charge in [-0.05, 0) is 31.0 Å². The van der Waals surface area contributed by atoms with Crippen LogP contribution in [-0.2, 0) is 9.47 Å². The van der Waals surface area contributed by atoms with Gasteiger partial charge in [-0.3, -0.25) is 5.32 Å². The number of rotatable bonds is 3. The van der Waals surface area contributed by atoms with Gasteiger partial charge in [0.2, 0.25) is 0 Å². The van der Waals surface area contributed by atoms with E-state index >= 15 is 0 Å². The van der Waals surface area contributed by atoms with Crippen molar-refractivity contribution in [2.24, 2.45) is 5.73 Å². The summed E-state index contributed by atoms with van der Waals surface area (Å²) in [5.41, 5.74) is 9.64. The Morgan fingerprint density at radius 1 is 1.33 bits per heavy atom. The van der Waals surface area contributed by atoms with Gasteiger partial charge >= 0.3 is 6.09 Å². The van der Waals surface area contributed by atoms with E-state index in [1.807, 2.05) is 18.2 Å². The lowest BCUT2D eigenvalue weighted by molar-refractivity contribution is 0.181. The second-order valence-electron chi connectivity index (χ2n) is 6.75. The molecule has 0 radical (unpaired) electrons. The molecule has 1 aromatic heterocycles. The van der Waals surface area contributed by atoms with E-state index in [0.717, 1.165) is 48.5 Å². The molecule has 3 rings (SSSR count). The number of aromatic nitrogens is 2. The molecule has 2 heterocycles. The van der Waals surface area contributed by atoms with Crippen LogP contribution in [0.3, 0.4) is 0 Å². The lowest BCUT2D eigenvalue weighted by Gasteiger charge is -2.22. The second kappa shape index (κ2) is 8.88. The number of aromatic amines is 1. The number of nitrogens with one attached hydrogen (secondary N) is 3. The Kier molecular flexibility index (Phi) is 6.31.